The van der Waals surface area contributed by atoms with Crippen LogP contribution in [0.25, 0.3) is 0 Å². The molecule has 0 atom stereocenters. The third-order valence-electron chi connectivity index (χ3n) is 2.99. The number of carbonyl (C=O) groups is 1. The van der Waals surface area contributed by atoms with Gasteiger partial charge in [-0.2, -0.15) is 0 Å². The SMILES string of the molecule is COc1ccc(Cl)cc1CC(=O)N(C)c1cccnc1. The molecule has 0 aliphatic heterocycles. The minimum absolute atomic E-state index is 0.0569. The molecule has 2 rings (SSSR count). The first-order valence-corrected chi connectivity index (χ1v) is 6.48. The lowest BCUT2D eigenvalue weighted by atomic mass is 10.1. The highest BCUT2D eigenvalue weighted by Crippen LogP contribution is 2.24. The Morgan fingerprint density at radius 3 is 2.85 bits per heavy atom. The van der Waals surface area contributed by atoms with E-state index in [1.807, 2.05) is 6.07 Å². The molecular weight excluding hydrogens is 276 g/mol. The number of amides is 1. The zero-order chi connectivity index (χ0) is 14.5. The summed E-state index contributed by atoms with van der Waals surface area (Å²) in [5.74, 6) is 0.598. The van der Waals surface area contributed by atoms with Crippen LogP contribution in [0, 0.1) is 0 Å². The van der Waals surface area contributed by atoms with Crippen molar-refractivity contribution in [1.82, 2.24) is 4.98 Å². The highest BCUT2D eigenvalue weighted by atomic mass is 35.5. The molecule has 104 valence electrons. The summed E-state index contributed by atoms with van der Waals surface area (Å²) in [6, 6.07) is 8.86. The summed E-state index contributed by atoms with van der Waals surface area (Å²) >= 11 is 5.96. The molecule has 1 aromatic heterocycles. The van der Waals surface area contributed by atoms with Crippen molar-refractivity contribution in [2.45, 2.75) is 6.42 Å². The van der Waals surface area contributed by atoms with Crippen molar-refractivity contribution in [2.24, 2.45) is 0 Å². The molecule has 5 heteroatoms. The van der Waals surface area contributed by atoms with Crippen molar-refractivity contribution >= 4 is 23.2 Å². The zero-order valence-electron chi connectivity index (χ0n) is 11.3. The second-order valence-electron chi connectivity index (χ2n) is 4.30. The van der Waals surface area contributed by atoms with Gasteiger partial charge in [0.15, 0.2) is 0 Å². The molecule has 0 saturated carbocycles. The molecule has 4 nitrogen and oxygen atoms in total. The van der Waals surface area contributed by atoms with Gasteiger partial charge in [-0.3, -0.25) is 9.78 Å². The normalized spacial score (nSPS) is 10.2. The fourth-order valence-corrected chi connectivity index (χ4v) is 2.06. The first-order chi connectivity index (χ1) is 9.61. The van der Waals surface area contributed by atoms with Crippen LogP contribution in [0.1, 0.15) is 5.56 Å². The maximum absolute atomic E-state index is 12.3. The van der Waals surface area contributed by atoms with E-state index in [0.29, 0.717) is 10.8 Å². The van der Waals surface area contributed by atoms with E-state index in [9.17, 15) is 4.79 Å². The summed E-state index contributed by atoms with van der Waals surface area (Å²) in [6.07, 6.45) is 3.53. The first-order valence-electron chi connectivity index (χ1n) is 6.11. The van der Waals surface area contributed by atoms with Gasteiger partial charge in [-0.1, -0.05) is 11.6 Å². The van der Waals surface area contributed by atoms with Crippen LogP contribution in [-0.4, -0.2) is 25.0 Å². The van der Waals surface area contributed by atoms with E-state index in [0.717, 1.165) is 11.3 Å². The Morgan fingerprint density at radius 2 is 2.20 bits per heavy atom. The van der Waals surface area contributed by atoms with E-state index in [-0.39, 0.29) is 12.3 Å². The molecule has 0 N–H and O–H groups in total. The Labute approximate surface area is 123 Å². The third kappa shape index (κ3) is 3.27. The number of aromatic nitrogens is 1. The van der Waals surface area contributed by atoms with E-state index in [2.05, 4.69) is 4.98 Å². The van der Waals surface area contributed by atoms with E-state index < -0.39 is 0 Å². The molecule has 1 aromatic carbocycles. The molecule has 0 aliphatic carbocycles. The number of pyridine rings is 1. The van der Waals surface area contributed by atoms with E-state index in [1.54, 1.807) is 55.7 Å². The van der Waals surface area contributed by atoms with Gasteiger partial charge < -0.3 is 9.64 Å². The third-order valence-corrected chi connectivity index (χ3v) is 3.23. The van der Waals surface area contributed by atoms with Gasteiger partial charge in [0.2, 0.25) is 5.91 Å². The van der Waals surface area contributed by atoms with Crippen LogP contribution in [-0.2, 0) is 11.2 Å². The van der Waals surface area contributed by atoms with Crippen molar-refractivity contribution in [3.8, 4) is 5.75 Å². The fourth-order valence-electron chi connectivity index (χ4n) is 1.86. The van der Waals surface area contributed by atoms with E-state index >= 15 is 0 Å². The highest BCUT2D eigenvalue weighted by Gasteiger charge is 2.14. The molecule has 1 heterocycles. The molecular formula is C15H15ClN2O2. The number of likely N-dealkylation sites (N-methyl/N-ethyl adjacent to an activating group) is 1. The average Bonchev–Trinajstić information content (AvgIpc) is 2.47. The lowest BCUT2D eigenvalue weighted by Crippen LogP contribution is -2.28. The maximum Gasteiger partial charge on any atom is 0.231 e. The Kier molecular flexibility index (Phi) is 4.58. The molecule has 1 amide bonds. The molecule has 0 bridgehead atoms. The van der Waals surface area contributed by atoms with Gasteiger partial charge in [0.1, 0.15) is 5.75 Å². The number of rotatable bonds is 4. The highest BCUT2D eigenvalue weighted by molar-refractivity contribution is 6.30. The van der Waals surface area contributed by atoms with E-state index in [4.69, 9.17) is 16.3 Å². The Hall–Kier alpha value is -2.07. The van der Waals surface area contributed by atoms with Crippen molar-refractivity contribution < 1.29 is 9.53 Å². The fraction of sp³-hybridized carbons (Fsp3) is 0.200. The second-order valence-corrected chi connectivity index (χ2v) is 4.73. The minimum Gasteiger partial charge on any atom is -0.496 e. The topological polar surface area (TPSA) is 42.4 Å². The summed E-state index contributed by atoms with van der Waals surface area (Å²) in [4.78, 5) is 17.9. The Bertz CT molecular complexity index is 602. The number of nitrogens with zero attached hydrogens (tertiary/aromatic N) is 2. The predicted octanol–water partition coefficient (Wildman–Crippen LogP) is 2.95. The molecule has 0 spiro atoms. The van der Waals surface area contributed by atoms with Crippen molar-refractivity contribution in [3.63, 3.8) is 0 Å². The number of ether oxygens (including phenoxy) is 1. The van der Waals surface area contributed by atoms with Crippen LogP contribution < -0.4 is 9.64 Å². The van der Waals surface area contributed by atoms with E-state index in [1.165, 1.54) is 0 Å². The summed E-state index contributed by atoms with van der Waals surface area (Å²) in [5.41, 5.74) is 1.51. The van der Waals surface area contributed by atoms with Crippen molar-refractivity contribution in [2.75, 3.05) is 19.1 Å². The largest absolute Gasteiger partial charge is 0.496 e. The average molecular weight is 291 g/mol. The smallest absolute Gasteiger partial charge is 0.231 e. The van der Waals surface area contributed by atoms with Crippen LogP contribution in [0.4, 0.5) is 5.69 Å². The Morgan fingerprint density at radius 1 is 1.40 bits per heavy atom. The molecule has 0 radical (unpaired) electrons. The predicted molar refractivity (Wildman–Crippen MR) is 79.4 cm³/mol. The van der Waals surface area contributed by atoms with Gasteiger partial charge in [0.05, 0.1) is 25.4 Å². The lowest BCUT2D eigenvalue weighted by molar-refractivity contribution is -0.117. The van der Waals surface area contributed by atoms with Crippen LogP contribution in [0.2, 0.25) is 5.02 Å². The zero-order valence-corrected chi connectivity index (χ0v) is 12.1. The van der Waals surface area contributed by atoms with Crippen molar-refractivity contribution in [3.05, 3.63) is 53.3 Å². The minimum atomic E-state index is -0.0569. The quantitative estimate of drug-likeness (QED) is 0.869. The number of benzene rings is 1. The van der Waals surface area contributed by atoms with Crippen LogP contribution in [0.3, 0.4) is 0 Å². The summed E-state index contributed by atoms with van der Waals surface area (Å²) in [5, 5.41) is 0.581. The maximum atomic E-state index is 12.3. The van der Waals surface area contributed by atoms with Crippen LogP contribution >= 0.6 is 11.6 Å². The molecule has 0 aliphatic rings. The number of halogens is 1. The molecule has 0 fully saturated rings. The second kappa shape index (κ2) is 6.39. The number of hydrogen-bond donors (Lipinski definition) is 0. The molecule has 0 saturated heterocycles. The number of carbonyl (C=O) groups excluding carboxylic acids is 1. The lowest BCUT2D eigenvalue weighted by Gasteiger charge is -2.17. The van der Waals surface area contributed by atoms with Crippen LogP contribution in [0.5, 0.6) is 5.75 Å². The van der Waals surface area contributed by atoms with Crippen LogP contribution in [0.15, 0.2) is 42.7 Å². The molecule has 20 heavy (non-hydrogen) atoms. The van der Waals surface area contributed by atoms with Gasteiger partial charge in [-0.05, 0) is 30.3 Å². The number of anilines is 1. The van der Waals surface area contributed by atoms with Gasteiger partial charge >= 0.3 is 0 Å². The number of methoxy groups -OCH3 is 1. The Balaban J connectivity index is 2.18. The monoisotopic (exact) mass is 290 g/mol. The van der Waals surface area contributed by atoms with Gasteiger partial charge in [0.25, 0.3) is 0 Å². The summed E-state index contributed by atoms with van der Waals surface area (Å²) in [6.45, 7) is 0. The van der Waals surface area contributed by atoms with Gasteiger partial charge in [-0.25, -0.2) is 0 Å². The first kappa shape index (κ1) is 14.3. The summed E-state index contributed by atoms with van der Waals surface area (Å²) < 4.78 is 5.24. The molecule has 2 aromatic rings. The molecule has 0 unspecified atom stereocenters. The van der Waals surface area contributed by atoms with Crippen molar-refractivity contribution in [1.29, 1.82) is 0 Å². The number of hydrogen-bond acceptors (Lipinski definition) is 3. The van der Waals surface area contributed by atoms with Gasteiger partial charge in [-0.15, -0.1) is 0 Å². The standard InChI is InChI=1S/C15H15ClN2O2/c1-18(13-4-3-7-17-10-13)15(19)9-11-8-12(16)5-6-14(11)20-2/h3-8,10H,9H2,1-2H3. The summed E-state index contributed by atoms with van der Waals surface area (Å²) in [7, 11) is 3.29. The van der Waals surface area contributed by atoms with Gasteiger partial charge in [0, 0.05) is 23.8 Å².